The van der Waals surface area contributed by atoms with E-state index >= 15 is 0 Å². The molecule has 0 spiro atoms. The molecular weight excluding hydrogens is 318 g/mol. The summed E-state index contributed by atoms with van der Waals surface area (Å²) in [6, 6.07) is 7.71. The average Bonchev–Trinajstić information content (AvgIpc) is 2.88. The molecule has 1 N–H and O–H groups in total. The van der Waals surface area contributed by atoms with Gasteiger partial charge in [0.25, 0.3) is 0 Å². The largest absolute Gasteiger partial charge is 0.497 e. The van der Waals surface area contributed by atoms with E-state index in [1.165, 1.54) is 5.56 Å². The number of ether oxygens (including phenoxy) is 1. The molecular formula is C19H29N3O3. The number of carbonyl (C=O) groups is 2. The second-order valence-corrected chi connectivity index (χ2v) is 6.46. The SMILES string of the molecule is COc1ccc(CCNC(=O)C(C)N2CCCN(C(C)=O)CC2)cc1. The number of amides is 2. The lowest BCUT2D eigenvalue weighted by Gasteiger charge is -2.26. The maximum atomic E-state index is 12.4. The van der Waals surface area contributed by atoms with Crippen molar-refractivity contribution >= 4 is 11.8 Å². The number of nitrogens with one attached hydrogen (secondary N) is 1. The third-order valence-corrected chi connectivity index (χ3v) is 4.77. The Kier molecular flexibility index (Phi) is 7.25. The number of nitrogens with zero attached hydrogens (tertiary/aromatic N) is 2. The first-order valence-corrected chi connectivity index (χ1v) is 8.91. The van der Waals surface area contributed by atoms with E-state index in [4.69, 9.17) is 4.74 Å². The van der Waals surface area contributed by atoms with Gasteiger partial charge in [-0.05, 0) is 37.5 Å². The summed E-state index contributed by atoms with van der Waals surface area (Å²) in [4.78, 5) is 27.9. The van der Waals surface area contributed by atoms with Gasteiger partial charge in [0.1, 0.15) is 5.75 Å². The zero-order valence-electron chi connectivity index (χ0n) is 15.5. The van der Waals surface area contributed by atoms with Crippen molar-refractivity contribution in [2.24, 2.45) is 0 Å². The Bertz CT molecular complexity index is 574. The Morgan fingerprint density at radius 1 is 1.16 bits per heavy atom. The number of hydrogen-bond donors (Lipinski definition) is 1. The molecule has 1 fully saturated rings. The molecule has 1 unspecified atom stereocenters. The first-order chi connectivity index (χ1) is 12.0. The monoisotopic (exact) mass is 347 g/mol. The highest BCUT2D eigenvalue weighted by Crippen LogP contribution is 2.11. The van der Waals surface area contributed by atoms with Crippen LogP contribution >= 0.6 is 0 Å². The van der Waals surface area contributed by atoms with Gasteiger partial charge in [0.05, 0.1) is 13.2 Å². The molecule has 1 aliphatic heterocycles. The van der Waals surface area contributed by atoms with Crippen molar-refractivity contribution in [3.63, 3.8) is 0 Å². The first kappa shape index (κ1) is 19.2. The summed E-state index contributed by atoms with van der Waals surface area (Å²) < 4.78 is 5.14. The molecule has 2 amide bonds. The lowest BCUT2D eigenvalue weighted by atomic mass is 10.1. The lowest BCUT2D eigenvalue weighted by Crippen LogP contribution is -2.47. The topological polar surface area (TPSA) is 61.9 Å². The fraction of sp³-hybridized carbons (Fsp3) is 0.579. The Morgan fingerprint density at radius 3 is 2.52 bits per heavy atom. The highest BCUT2D eigenvalue weighted by molar-refractivity contribution is 5.81. The smallest absolute Gasteiger partial charge is 0.237 e. The van der Waals surface area contributed by atoms with Crippen LogP contribution in [0.2, 0.25) is 0 Å². The molecule has 0 aliphatic carbocycles. The molecule has 138 valence electrons. The summed E-state index contributed by atoms with van der Waals surface area (Å²) >= 11 is 0. The number of benzene rings is 1. The van der Waals surface area contributed by atoms with Gasteiger partial charge in [-0.1, -0.05) is 12.1 Å². The molecule has 0 bridgehead atoms. The van der Waals surface area contributed by atoms with E-state index in [0.717, 1.165) is 38.2 Å². The van der Waals surface area contributed by atoms with Crippen molar-refractivity contribution in [1.29, 1.82) is 0 Å². The van der Waals surface area contributed by atoms with Crippen LogP contribution in [0, 0.1) is 0 Å². The van der Waals surface area contributed by atoms with Crippen LogP contribution in [0.5, 0.6) is 5.75 Å². The maximum Gasteiger partial charge on any atom is 0.237 e. The fourth-order valence-electron chi connectivity index (χ4n) is 3.08. The summed E-state index contributed by atoms with van der Waals surface area (Å²) in [6.45, 7) is 7.21. The standard InChI is InChI=1S/C19H29N3O3/c1-15(21-11-4-12-22(14-13-21)16(2)23)19(24)20-10-9-17-5-7-18(25-3)8-6-17/h5-8,15H,4,9-14H2,1-3H3,(H,20,24). The third-order valence-electron chi connectivity index (χ3n) is 4.77. The van der Waals surface area contributed by atoms with E-state index in [9.17, 15) is 9.59 Å². The third kappa shape index (κ3) is 5.74. The second-order valence-electron chi connectivity index (χ2n) is 6.46. The van der Waals surface area contributed by atoms with Gasteiger partial charge in [0.15, 0.2) is 0 Å². The van der Waals surface area contributed by atoms with Crippen molar-refractivity contribution in [1.82, 2.24) is 15.1 Å². The van der Waals surface area contributed by atoms with Gasteiger partial charge in [0, 0.05) is 39.6 Å². The average molecular weight is 347 g/mol. The van der Waals surface area contributed by atoms with Crippen LogP contribution in [0.25, 0.3) is 0 Å². The number of carbonyl (C=O) groups excluding carboxylic acids is 2. The second kappa shape index (κ2) is 9.42. The van der Waals surface area contributed by atoms with Gasteiger partial charge in [-0.3, -0.25) is 14.5 Å². The normalized spacial score (nSPS) is 16.8. The van der Waals surface area contributed by atoms with Gasteiger partial charge in [-0.15, -0.1) is 0 Å². The van der Waals surface area contributed by atoms with Crippen molar-refractivity contribution in [2.45, 2.75) is 32.7 Å². The summed E-state index contributed by atoms with van der Waals surface area (Å²) in [5.74, 6) is 0.991. The summed E-state index contributed by atoms with van der Waals surface area (Å²) in [7, 11) is 1.65. The van der Waals surface area contributed by atoms with Gasteiger partial charge in [-0.2, -0.15) is 0 Å². The number of rotatable bonds is 6. The summed E-state index contributed by atoms with van der Waals surface area (Å²) in [5.41, 5.74) is 1.17. The zero-order valence-corrected chi connectivity index (χ0v) is 15.5. The molecule has 6 heteroatoms. The Hall–Kier alpha value is -2.08. The van der Waals surface area contributed by atoms with Crippen molar-refractivity contribution in [3.05, 3.63) is 29.8 Å². The van der Waals surface area contributed by atoms with E-state index in [1.807, 2.05) is 36.1 Å². The van der Waals surface area contributed by atoms with Crippen LogP contribution in [0.4, 0.5) is 0 Å². The predicted octanol–water partition coefficient (Wildman–Crippen LogP) is 1.30. The molecule has 1 aromatic carbocycles. The van der Waals surface area contributed by atoms with Crippen LogP contribution in [-0.2, 0) is 16.0 Å². The minimum atomic E-state index is -0.178. The van der Waals surface area contributed by atoms with E-state index in [2.05, 4.69) is 10.2 Å². The minimum Gasteiger partial charge on any atom is -0.497 e. The van der Waals surface area contributed by atoms with Crippen molar-refractivity contribution < 1.29 is 14.3 Å². The van der Waals surface area contributed by atoms with Crippen molar-refractivity contribution in [2.75, 3.05) is 39.8 Å². The van der Waals surface area contributed by atoms with Gasteiger partial charge in [0.2, 0.25) is 11.8 Å². The van der Waals surface area contributed by atoms with E-state index in [0.29, 0.717) is 13.1 Å². The predicted molar refractivity (Wildman–Crippen MR) is 97.6 cm³/mol. The van der Waals surface area contributed by atoms with Crippen LogP contribution in [0.15, 0.2) is 24.3 Å². The van der Waals surface area contributed by atoms with E-state index in [-0.39, 0.29) is 17.9 Å². The molecule has 1 heterocycles. The van der Waals surface area contributed by atoms with E-state index in [1.54, 1.807) is 14.0 Å². The quantitative estimate of drug-likeness (QED) is 0.842. The molecule has 0 saturated carbocycles. The first-order valence-electron chi connectivity index (χ1n) is 8.91. The number of methoxy groups -OCH3 is 1. The molecule has 6 nitrogen and oxygen atoms in total. The highest BCUT2D eigenvalue weighted by Gasteiger charge is 2.24. The van der Waals surface area contributed by atoms with Gasteiger partial charge in [-0.25, -0.2) is 0 Å². The molecule has 2 rings (SSSR count). The lowest BCUT2D eigenvalue weighted by molar-refractivity contribution is -0.128. The van der Waals surface area contributed by atoms with Crippen LogP contribution in [0.1, 0.15) is 25.8 Å². The Balaban J connectivity index is 1.76. The highest BCUT2D eigenvalue weighted by atomic mass is 16.5. The van der Waals surface area contributed by atoms with Crippen LogP contribution in [0.3, 0.4) is 0 Å². The summed E-state index contributed by atoms with van der Waals surface area (Å²) in [5, 5.41) is 3.02. The zero-order chi connectivity index (χ0) is 18.2. The van der Waals surface area contributed by atoms with Crippen LogP contribution in [-0.4, -0.2) is 67.5 Å². The van der Waals surface area contributed by atoms with E-state index < -0.39 is 0 Å². The molecule has 1 saturated heterocycles. The minimum absolute atomic E-state index is 0.0461. The molecule has 25 heavy (non-hydrogen) atoms. The number of hydrogen-bond acceptors (Lipinski definition) is 4. The molecule has 1 aromatic rings. The Morgan fingerprint density at radius 2 is 1.88 bits per heavy atom. The molecule has 0 aromatic heterocycles. The van der Waals surface area contributed by atoms with Gasteiger partial charge >= 0.3 is 0 Å². The van der Waals surface area contributed by atoms with Gasteiger partial charge < -0.3 is 15.0 Å². The molecule has 1 atom stereocenters. The molecule has 0 radical (unpaired) electrons. The Labute approximate surface area is 150 Å². The fourth-order valence-corrected chi connectivity index (χ4v) is 3.08. The molecule has 1 aliphatic rings. The maximum absolute atomic E-state index is 12.4. The van der Waals surface area contributed by atoms with Crippen molar-refractivity contribution in [3.8, 4) is 5.75 Å². The summed E-state index contributed by atoms with van der Waals surface area (Å²) in [6.07, 6.45) is 1.70. The van der Waals surface area contributed by atoms with Crippen LogP contribution < -0.4 is 10.1 Å².